The number of quaternary nitrogens is 1. The van der Waals surface area contributed by atoms with E-state index in [4.69, 9.17) is 5.11 Å². The van der Waals surface area contributed by atoms with Crippen LogP contribution in [0.3, 0.4) is 0 Å². The number of carboxylic acid groups (broad SMARTS) is 1. The van der Waals surface area contributed by atoms with Crippen LogP contribution in [0.25, 0.3) is 0 Å². The van der Waals surface area contributed by atoms with Crippen molar-refractivity contribution in [1.29, 1.82) is 0 Å². The van der Waals surface area contributed by atoms with Crippen molar-refractivity contribution in [3.8, 4) is 0 Å². The molecule has 0 radical (unpaired) electrons. The van der Waals surface area contributed by atoms with E-state index in [0.717, 1.165) is 14.9 Å². The average molecular weight is 393 g/mol. The van der Waals surface area contributed by atoms with E-state index in [9.17, 15) is 4.79 Å². The second-order valence-corrected chi connectivity index (χ2v) is 12.6. The molecule has 0 saturated carbocycles. The second kappa shape index (κ2) is 8.12. The summed E-state index contributed by atoms with van der Waals surface area (Å²) in [6.07, 6.45) is 0.740. The maximum absolute atomic E-state index is 10.9. The first-order valence-corrected chi connectivity index (χ1v) is 10.5. The van der Waals surface area contributed by atoms with Gasteiger partial charge in [-0.25, -0.2) is 0 Å². The van der Waals surface area contributed by atoms with Crippen LogP contribution in [0.5, 0.6) is 0 Å². The molecule has 0 bridgehead atoms. The molecule has 0 amide bonds. The molecule has 6 heteroatoms. The van der Waals surface area contributed by atoms with Crippen molar-refractivity contribution in [2.45, 2.75) is 20.3 Å². The summed E-state index contributed by atoms with van der Waals surface area (Å²) in [7, 11) is 10.5. The Labute approximate surface area is 124 Å². The van der Waals surface area contributed by atoms with E-state index in [2.05, 4.69) is 21.1 Å². The van der Waals surface area contributed by atoms with Crippen LogP contribution < -0.4 is 21.5 Å². The molecular weight excluding hydrogens is 369 g/mol. The quantitative estimate of drug-likeness (QED) is 0.190. The number of halogens is 1. The first-order chi connectivity index (χ1) is 7.65. The number of rotatable bonds is 9. The predicted octanol–water partition coefficient (Wildman–Crippen LogP) is -0.421. The molecule has 0 fully saturated rings. The fraction of sp³-hybridized carbons (Fsp3) is 0.909. The standard InChI is InChI=1S/C11H24INO2S2/c1-11(2,10(14)15)6-8-16-17-9-7-12-13(3,4)5/h6-9H2,1-5H3,(H,14,15). The fourth-order valence-electron chi connectivity index (χ4n) is 0.841. The van der Waals surface area contributed by atoms with Crippen molar-refractivity contribution in [2.75, 3.05) is 37.1 Å². The summed E-state index contributed by atoms with van der Waals surface area (Å²) >= 11 is 0.235. The molecule has 0 aromatic heterocycles. The Morgan fingerprint density at radius 2 is 1.76 bits per heavy atom. The summed E-state index contributed by atoms with van der Waals surface area (Å²) in [5, 5.41) is 8.96. The molecule has 0 aromatic carbocycles. The molecule has 0 aliphatic carbocycles. The zero-order chi connectivity index (χ0) is 13.5. The topological polar surface area (TPSA) is 37.3 Å². The molecule has 0 spiro atoms. The molecule has 0 heterocycles. The van der Waals surface area contributed by atoms with Crippen LogP contribution in [0.15, 0.2) is 0 Å². The molecule has 0 aliphatic rings. The van der Waals surface area contributed by atoms with Gasteiger partial charge >= 0.3 is 124 Å². The Kier molecular flexibility index (Phi) is 8.53. The monoisotopic (exact) mass is 393 g/mol. The van der Waals surface area contributed by atoms with E-state index in [1.165, 1.54) is 10.2 Å². The van der Waals surface area contributed by atoms with Gasteiger partial charge in [-0.3, -0.25) is 0 Å². The SMILES string of the molecule is CC(C)(CCSSCC[I-][N+](C)(C)C)C(=O)O. The van der Waals surface area contributed by atoms with Crippen molar-refractivity contribution < 1.29 is 34.1 Å². The van der Waals surface area contributed by atoms with Gasteiger partial charge in [0.1, 0.15) is 0 Å². The van der Waals surface area contributed by atoms with Crippen molar-refractivity contribution in [1.82, 2.24) is 0 Å². The van der Waals surface area contributed by atoms with Gasteiger partial charge in [0.15, 0.2) is 0 Å². The minimum atomic E-state index is -0.695. The van der Waals surface area contributed by atoms with Gasteiger partial charge in [-0.05, 0) is 0 Å². The molecule has 17 heavy (non-hydrogen) atoms. The fourth-order valence-corrected chi connectivity index (χ4v) is 6.60. The molecule has 0 atom stereocenters. The number of alkyl halides is 1. The maximum atomic E-state index is 10.9. The summed E-state index contributed by atoms with van der Waals surface area (Å²) in [4.78, 5) is 10.9. The van der Waals surface area contributed by atoms with E-state index < -0.39 is 11.4 Å². The third-order valence-corrected chi connectivity index (χ3v) is 8.29. The van der Waals surface area contributed by atoms with Crippen LogP contribution in [0.4, 0.5) is 0 Å². The van der Waals surface area contributed by atoms with Gasteiger partial charge in [-0.1, -0.05) is 0 Å². The third kappa shape index (κ3) is 10.5. The number of aliphatic carboxylic acids is 1. The van der Waals surface area contributed by atoms with Crippen LogP contribution in [0, 0.1) is 5.41 Å². The van der Waals surface area contributed by atoms with Gasteiger partial charge < -0.3 is 0 Å². The van der Waals surface area contributed by atoms with E-state index in [1.54, 1.807) is 13.8 Å². The molecular formula is C11H24INO2S2. The molecule has 1 N–H and O–H groups in total. The minimum absolute atomic E-state index is 0.235. The number of nitrogens with zero attached hydrogens (tertiary/aromatic N) is 1. The number of hydrogen-bond donors (Lipinski definition) is 1. The van der Waals surface area contributed by atoms with Gasteiger partial charge in [0.25, 0.3) is 0 Å². The van der Waals surface area contributed by atoms with Crippen LogP contribution in [0.2, 0.25) is 0 Å². The van der Waals surface area contributed by atoms with Crippen molar-refractivity contribution >= 4 is 27.6 Å². The van der Waals surface area contributed by atoms with Crippen LogP contribution >= 0.6 is 21.6 Å². The van der Waals surface area contributed by atoms with Crippen LogP contribution in [-0.2, 0) is 4.79 Å². The van der Waals surface area contributed by atoms with Crippen molar-refractivity contribution in [2.24, 2.45) is 5.41 Å². The predicted molar refractivity (Wildman–Crippen MR) is 73.8 cm³/mol. The van der Waals surface area contributed by atoms with Gasteiger partial charge in [0.05, 0.1) is 0 Å². The van der Waals surface area contributed by atoms with Crippen molar-refractivity contribution in [3.05, 3.63) is 0 Å². The first kappa shape index (κ1) is 17.9. The summed E-state index contributed by atoms with van der Waals surface area (Å²) in [5.74, 6) is 1.42. The first-order valence-electron chi connectivity index (χ1n) is 5.55. The molecule has 0 rings (SSSR count). The number of hydrogen-bond acceptors (Lipinski definition) is 3. The summed E-state index contributed by atoms with van der Waals surface area (Å²) in [5.41, 5.74) is -0.581. The van der Waals surface area contributed by atoms with Gasteiger partial charge in [-0.2, -0.15) is 0 Å². The average Bonchev–Trinajstić information content (AvgIpc) is 2.14. The molecule has 0 unspecified atom stereocenters. The summed E-state index contributed by atoms with van der Waals surface area (Å²) in [6.45, 7) is 3.59. The molecule has 104 valence electrons. The van der Waals surface area contributed by atoms with Crippen LogP contribution in [-0.4, -0.2) is 50.8 Å². The third-order valence-electron chi connectivity index (χ3n) is 2.08. The molecule has 0 aliphatic heterocycles. The van der Waals surface area contributed by atoms with Gasteiger partial charge in [0.2, 0.25) is 0 Å². The Hall–Kier alpha value is 0.860. The van der Waals surface area contributed by atoms with E-state index >= 15 is 0 Å². The molecule has 3 nitrogen and oxygen atoms in total. The van der Waals surface area contributed by atoms with E-state index in [0.29, 0.717) is 0 Å². The second-order valence-electron chi connectivity index (χ2n) is 5.24. The van der Waals surface area contributed by atoms with E-state index in [1.807, 2.05) is 21.6 Å². The molecule has 0 saturated heterocycles. The Morgan fingerprint density at radius 1 is 1.24 bits per heavy atom. The van der Waals surface area contributed by atoms with E-state index in [-0.39, 0.29) is 21.5 Å². The summed E-state index contributed by atoms with van der Waals surface area (Å²) < 4.78 is 2.44. The summed E-state index contributed by atoms with van der Waals surface area (Å²) in [6, 6.07) is 0. The van der Waals surface area contributed by atoms with Crippen molar-refractivity contribution in [3.63, 3.8) is 0 Å². The van der Waals surface area contributed by atoms with Crippen LogP contribution in [0.1, 0.15) is 20.3 Å². The van der Waals surface area contributed by atoms with Gasteiger partial charge in [0, 0.05) is 0 Å². The number of carboxylic acids is 1. The zero-order valence-corrected chi connectivity index (χ0v) is 15.1. The Bertz CT molecular complexity index is 242. The Balaban J connectivity index is 3.45. The normalized spacial score (nSPS) is 13.0. The van der Waals surface area contributed by atoms with Gasteiger partial charge in [-0.15, -0.1) is 0 Å². The Morgan fingerprint density at radius 3 is 2.24 bits per heavy atom. The number of carbonyl (C=O) groups is 1. The zero-order valence-electron chi connectivity index (χ0n) is 11.3. The molecule has 0 aromatic rings.